The summed E-state index contributed by atoms with van der Waals surface area (Å²) in [4.78, 5) is 11.3. The largest absolute Gasteiger partial charge is 0.465 e. The van der Waals surface area contributed by atoms with E-state index >= 15 is 0 Å². The van der Waals surface area contributed by atoms with Gasteiger partial charge >= 0.3 is 12.1 Å². The van der Waals surface area contributed by atoms with E-state index < -0.39 is 18.1 Å². The van der Waals surface area contributed by atoms with Gasteiger partial charge in [0.1, 0.15) is 0 Å². The van der Waals surface area contributed by atoms with Crippen molar-refractivity contribution in [1.29, 1.82) is 0 Å². The summed E-state index contributed by atoms with van der Waals surface area (Å²) in [6, 6.07) is -0.494. The van der Waals surface area contributed by atoms with E-state index in [1.807, 2.05) is 0 Å². The highest BCUT2D eigenvalue weighted by Crippen LogP contribution is 2.37. The van der Waals surface area contributed by atoms with Crippen LogP contribution in [0.3, 0.4) is 0 Å². The summed E-state index contributed by atoms with van der Waals surface area (Å²) in [5, 5.41) is 3.00. The van der Waals surface area contributed by atoms with Crippen molar-refractivity contribution in [1.82, 2.24) is 5.32 Å². The molecule has 3 nitrogen and oxygen atoms in total. The molecule has 0 aromatic rings. The number of hydrogen-bond donors (Lipinski definition) is 1. The number of esters is 1. The van der Waals surface area contributed by atoms with Crippen LogP contribution in [0.25, 0.3) is 0 Å². The highest BCUT2D eigenvalue weighted by molar-refractivity contribution is 5.74. The zero-order chi connectivity index (χ0) is 13.9. The summed E-state index contributed by atoms with van der Waals surface area (Å²) in [6.07, 6.45) is -0.586. The Bertz CT molecular complexity index is 320. The van der Waals surface area contributed by atoms with Crippen LogP contribution >= 0.6 is 0 Å². The first-order chi connectivity index (χ1) is 8.98. The summed E-state index contributed by atoms with van der Waals surface area (Å²) in [5.41, 5.74) is 0. The van der Waals surface area contributed by atoms with Crippen LogP contribution in [0.5, 0.6) is 0 Å². The third-order valence-corrected chi connectivity index (χ3v) is 4.13. The molecule has 6 heteroatoms. The van der Waals surface area contributed by atoms with Crippen LogP contribution in [-0.4, -0.2) is 31.3 Å². The number of cyclic esters (lactones) is 1. The van der Waals surface area contributed by atoms with Crippen molar-refractivity contribution in [2.24, 2.45) is 11.8 Å². The second kappa shape index (κ2) is 6.11. The van der Waals surface area contributed by atoms with Crippen LogP contribution in [0, 0.1) is 11.8 Å². The first kappa shape index (κ1) is 14.6. The molecule has 0 unspecified atom stereocenters. The Hall–Kier alpha value is -0.780. The summed E-state index contributed by atoms with van der Waals surface area (Å²) < 4.78 is 43.4. The Morgan fingerprint density at radius 3 is 2.58 bits per heavy atom. The number of carbonyl (C=O) groups excluding carboxylic acids is 1. The smallest absolute Gasteiger partial charge is 0.393 e. The van der Waals surface area contributed by atoms with Crippen LogP contribution < -0.4 is 5.32 Å². The lowest BCUT2D eigenvalue weighted by atomic mass is 9.84. The molecule has 1 saturated carbocycles. The van der Waals surface area contributed by atoms with Gasteiger partial charge in [-0.05, 0) is 32.2 Å². The molecule has 0 bridgehead atoms. The molecule has 2 aliphatic rings. The molecule has 0 aromatic heterocycles. The standard InChI is InChI=1S/C13H20F3NO2/c14-13(15,16)10-3-1-2-4-11(10)17-7-5-9-6-8-19-12(9)18/h9-11,17H,1-8H2/t9-,10-,11-/m0/s1. The minimum Gasteiger partial charge on any atom is -0.465 e. The van der Waals surface area contributed by atoms with Gasteiger partial charge in [0, 0.05) is 6.04 Å². The number of hydrogen-bond acceptors (Lipinski definition) is 3. The lowest BCUT2D eigenvalue weighted by Crippen LogP contribution is -2.46. The van der Waals surface area contributed by atoms with Crippen LogP contribution in [0.15, 0.2) is 0 Å². The molecule has 1 aliphatic carbocycles. The Labute approximate surface area is 110 Å². The maximum Gasteiger partial charge on any atom is 0.393 e. The Balaban J connectivity index is 1.78. The monoisotopic (exact) mass is 279 g/mol. The molecule has 1 saturated heterocycles. The number of halogens is 3. The van der Waals surface area contributed by atoms with Gasteiger partial charge < -0.3 is 10.1 Å². The summed E-state index contributed by atoms with van der Waals surface area (Å²) >= 11 is 0. The van der Waals surface area contributed by atoms with E-state index in [-0.39, 0.29) is 18.3 Å². The summed E-state index contributed by atoms with van der Waals surface area (Å²) in [6.45, 7) is 0.898. The van der Waals surface area contributed by atoms with Crippen molar-refractivity contribution >= 4 is 5.97 Å². The average Bonchev–Trinajstić information content (AvgIpc) is 2.75. The predicted octanol–water partition coefficient (Wildman–Crippen LogP) is 2.65. The van der Waals surface area contributed by atoms with Gasteiger partial charge in [0.15, 0.2) is 0 Å². The lowest BCUT2D eigenvalue weighted by molar-refractivity contribution is -0.189. The SMILES string of the molecule is O=C1OCC[C@@H]1CCN[C@H]1CCCC[C@@H]1C(F)(F)F. The molecule has 2 fully saturated rings. The second-order valence-electron chi connectivity index (χ2n) is 5.43. The molecule has 0 spiro atoms. The van der Waals surface area contributed by atoms with Gasteiger partial charge in [0.2, 0.25) is 0 Å². The first-order valence-corrected chi connectivity index (χ1v) is 6.95. The number of carbonyl (C=O) groups is 1. The van der Waals surface area contributed by atoms with E-state index in [1.165, 1.54) is 0 Å². The van der Waals surface area contributed by atoms with E-state index in [0.29, 0.717) is 38.8 Å². The van der Waals surface area contributed by atoms with Gasteiger partial charge in [-0.1, -0.05) is 12.8 Å². The minimum absolute atomic E-state index is 0.138. The van der Waals surface area contributed by atoms with Crippen molar-refractivity contribution in [2.45, 2.75) is 50.7 Å². The fraction of sp³-hybridized carbons (Fsp3) is 0.923. The lowest BCUT2D eigenvalue weighted by Gasteiger charge is -2.33. The fourth-order valence-electron chi connectivity index (χ4n) is 3.01. The minimum atomic E-state index is -4.12. The summed E-state index contributed by atoms with van der Waals surface area (Å²) in [5.74, 6) is -1.59. The number of alkyl halides is 3. The van der Waals surface area contributed by atoms with E-state index in [1.54, 1.807) is 0 Å². The van der Waals surface area contributed by atoms with Crippen LogP contribution in [0.2, 0.25) is 0 Å². The van der Waals surface area contributed by atoms with E-state index in [2.05, 4.69) is 5.32 Å². The highest BCUT2D eigenvalue weighted by Gasteiger charge is 2.45. The molecule has 1 aliphatic heterocycles. The van der Waals surface area contributed by atoms with Crippen molar-refractivity contribution in [2.75, 3.05) is 13.2 Å². The van der Waals surface area contributed by atoms with Crippen LogP contribution in [0.4, 0.5) is 13.2 Å². The van der Waals surface area contributed by atoms with Crippen molar-refractivity contribution in [3.63, 3.8) is 0 Å². The molecule has 3 atom stereocenters. The molecule has 2 rings (SSSR count). The molecule has 0 radical (unpaired) electrons. The van der Waals surface area contributed by atoms with Gasteiger partial charge in [-0.3, -0.25) is 4.79 Å². The molecule has 19 heavy (non-hydrogen) atoms. The third-order valence-electron chi connectivity index (χ3n) is 4.13. The normalized spacial score (nSPS) is 32.4. The molecule has 0 amide bonds. The number of ether oxygens (including phenoxy) is 1. The molecule has 1 N–H and O–H groups in total. The molecule has 0 aromatic carbocycles. The average molecular weight is 279 g/mol. The topological polar surface area (TPSA) is 38.3 Å². The van der Waals surface area contributed by atoms with Gasteiger partial charge in [-0.2, -0.15) is 13.2 Å². The Morgan fingerprint density at radius 1 is 1.21 bits per heavy atom. The molecular weight excluding hydrogens is 259 g/mol. The zero-order valence-corrected chi connectivity index (χ0v) is 10.8. The first-order valence-electron chi connectivity index (χ1n) is 6.95. The van der Waals surface area contributed by atoms with Gasteiger partial charge in [0.25, 0.3) is 0 Å². The van der Waals surface area contributed by atoms with Gasteiger partial charge in [-0.15, -0.1) is 0 Å². The van der Waals surface area contributed by atoms with Crippen LogP contribution in [-0.2, 0) is 9.53 Å². The second-order valence-corrected chi connectivity index (χ2v) is 5.43. The van der Waals surface area contributed by atoms with Crippen molar-refractivity contribution < 1.29 is 22.7 Å². The fourth-order valence-corrected chi connectivity index (χ4v) is 3.01. The van der Waals surface area contributed by atoms with Crippen molar-refractivity contribution in [3.8, 4) is 0 Å². The van der Waals surface area contributed by atoms with E-state index in [4.69, 9.17) is 4.74 Å². The molecular formula is C13H20F3NO2. The molecule has 110 valence electrons. The van der Waals surface area contributed by atoms with E-state index in [0.717, 1.165) is 6.42 Å². The Kier molecular flexibility index (Phi) is 4.71. The predicted molar refractivity (Wildman–Crippen MR) is 63.5 cm³/mol. The quantitative estimate of drug-likeness (QED) is 0.804. The van der Waals surface area contributed by atoms with Gasteiger partial charge in [-0.25, -0.2) is 0 Å². The van der Waals surface area contributed by atoms with Crippen molar-refractivity contribution in [3.05, 3.63) is 0 Å². The number of nitrogens with one attached hydrogen (secondary N) is 1. The number of rotatable bonds is 4. The summed E-state index contributed by atoms with van der Waals surface area (Å²) in [7, 11) is 0. The molecule has 1 heterocycles. The third kappa shape index (κ3) is 3.84. The maximum absolute atomic E-state index is 12.9. The Morgan fingerprint density at radius 2 is 1.95 bits per heavy atom. The van der Waals surface area contributed by atoms with Crippen LogP contribution in [0.1, 0.15) is 38.5 Å². The van der Waals surface area contributed by atoms with E-state index in [9.17, 15) is 18.0 Å². The zero-order valence-electron chi connectivity index (χ0n) is 10.8. The maximum atomic E-state index is 12.9. The van der Waals surface area contributed by atoms with Gasteiger partial charge in [0.05, 0.1) is 18.4 Å². The highest BCUT2D eigenvalue weighted by atomic mass is 19.4.